The largest absolute Gasteiger partial charge is 0.355 e. The van der Waals surface area contributed by atoms with Crippen LogP contribution < -0.4 is 5.32 Å². The molecule has 2 heterocycles. The molecule has 25 heavy (non-hydrogen) atoms. The Balaban J connectivity index is 0.00000182. The molecule has 2 N–H and O–H groups in total. The van der Waals surface area contributed by atoms with Gasteiger partial charge in [-0.25, -0.2) is 0 Å². The van der Waals surface area contributed by atoms with Gasteiger partial charge in [-0.05, 0) is 43.9 Å². The van der Waals surface area contributed by atoms with Crippen molar-refractivity contribution < 1.29 is 4.79 Å². The van der Waals surface area contributed by atoms with Gasteiger partial charge in [0, 0.05) is 45.8 Å². The average Bonchev–Trinajstić information content (AvgIpc) is 3.12. The Bertz CT molecular complexity index is 963. The molecule has 0 spiro atoms. The Morgan fingerprint density at radius 1 is 1.16 bits per heavy atom. The van der Waals surface area contributed by atoms with Gasteiger partial charge in [0.2, 0.25) is 0 Å². The van der Waals surface area contributed by atoms with Gasteiger partial charge in [0.25, 0.3) is 5.91 Å². The molecular formula is C19H19Cl2N3O. The summed E-state index contributed by atoms with van der Waals surface area (Å²) in [6.07, 6.45) is 0. The standard InChI is InChI=1S/C19H18ClN3O.ClH/c1-23(2)10-11-3-6-16-12(7-11)8-17(22-16)13-4-5-15(20)14-9-21-19(24)18(13)14;/h3-8,22H,9-10H2,1-2H3,(H,21,24);1H. The van der Waals surface area contributed by atoms with Crippen molar-refractivity contribution in [2.24, 2.45) is 0 Å². The third kappa shape index (κ3) is 3.13. The molecule has 1 amide bonds. The van der Waals surface area contributed by atoms with Crippen LogP contribution in [0.15, 0.2) is 36.4 Å². The maximum absolute atomic E-state index is 12.2. The second-order valence-corrected chi connectivity index (χ2v) is 6.88. The molecule has 1 aromatic heterocycles. The van der Waals surface area contributed by atoms with Crippen LogP contribution in [0.3, 0.4) is 0 Å². The summed E-state index contributed by atoms with van der Waals surface area (Å²) in [5.41, 5.74) is 5.73. The van der Waals surface area contributed by atoms with Gasteiger partial charge < -0.3 is 15.2 Å². The van der Waals surface area contributed by atoms with E-state index in [2.05, 4.69) is 53.6 Å². The van der Waals surface area contributed by atoms with Crippen molar-refractivity contribution in [1.29, 1.82) is 0 Å². The molecule has 0 fully saturated rings. The second-order valence-electron chi connectivity index (χ2n) is 6.47. The number of aromatic nitrogens is 1. The minimum Gasteiger partial charge on any atom is -0.355 e. The smallest absolute Gasteiger partial charge is 0.252 e. The van der Waals surface area contributed by atoms with Gasteiger partial charge in [-0.3, -0.25) is 4.79 Å². The number of rotatable bonds is 3. The van der Waals surface area contributed by atoms with Gasteiger partial charge in [-0.2, -0.15) is 0 Å². The SMILES string of the molecule is CN(C)Cc1ccc2[nH]c(-c3ccc(Cl)c4c3C(=O)NC4)cc2c1.Cl. The van der Waals surface area contributed by atoms with Gasteiger partial charge in [0.05, 0.1) is 5.56 Å². The molecule has 0 atom stereocenters. The minimum absolute atomic E-state index is 0. The second kappa shape index (κ2) is 6.71. The number of aromatic amines is 1. The van der Waals surface area contributed by atoms with Crippen molar-refractivity contribution in [3.63, 3.8) is 0 Å². The van der Waals surface area contributed by atoms with Crippen LogP contribution in [0.2, 0.25) is 5.02 Å². The molecule has 0 radical (unpaired) electrons. The fraction of sp³-hybridized carbons (Fsp3) is 0.211. The number of halogens is 2. The highest BCUT2D eigenvalue weighted by atomic mass is 35.5. The highest BCUT2D eigenvalue weighted by molar-refractivity contribution is 6.32. The van der Waals surface area contributed by atoms with Gasteiger partial charge in [-0.15, -0.1) is 12.4 Å². The number of hydrogen-bond donors (Lipinski definition) is 2. The molecule has 130 valence electrons. The fourth-order valence-electron chi connectivity index (χ4n) is 3.33. The lowest BCUT2D eigenvalue weighted by Gasteiger charge is -2.09. The first kappa shape index (κ1) is 17.8. The number of carbonyl (C=O) groups excluding carboxylic acids is 1. The first-order valence-electron chi connectivity index (χ1n) is 7.89. The summed E-state index contributed by atoms with van der Waals surface area (Å²) in [6.45, 7) is 1.39. The number of carbonyl (C=O) groups is 1. The first-order chi connectivity index (χ1) is 11.5. The van der Waals surface area contributed by atoms with Crippen molar-refractivity contribution in [1.82, 2.24) is 15.2 Å². The van der Waals surface area contributed by atoms with Crippen LogP contribution in [0.5, 0.6) is 0 Å². The van der Waals surface area contributed by atoms with Crippen LogP contribution in [0.1, 0.15) is 21.5 Å². The number of benzene rings is 2. The summed E-state index contributed by atoms with van der Waals surface area (Å²) < 4.78 is 0. The third-order valence-corrected chi connectivity index (χ3v) is 4.74. The van der Waals surface area contributed by atoms with Gasteiger partial charge >= 0.3 is 0 Å². The van der Waals surface area contributed by atoms with Crippen LogP contribution in [0.4, 0.5) is 0 Å². The van der Waals surface area contributed by atoms with E-state index in [-0.39, 0.29) is 18.3 Å². The molecule has 0 saturated carbocycles. The minimum atomic E-state index is -0.0607. The van der Waals surface area contributed by atoms with E-state index in [1.807, 2.05) is 12.1 Å². The number of fused-ring (bicyclic) bond motifs is 2. The van der Waals surface area contributed by atoms with Crippen LogP contribution >= 0.6 is 24.0 Å². The number of H-pyrrole nitrogens is 1. The van der Waals surface area contributed by atoms with E-state index in [1.54, 1.807) is 0 Å². The lowest BCUT2D eigenvalue weighted by atomic mass is 10.0. The molecule has 1 aliphatic rings. The molecule has 2 aromatic carbocycles. The molecule has 0 aliphatic carbocycles. The Labute approximate surface area is 157 Å². The van der Waals surface area contributed by atoms with E-state index in [4.69, 9.17) is 11.6 Å². The van der Waals surface area contributed by atoms with Crippen LogP contribution in [0, 0.1) is 0 Å². The Kier molecular flexibility index (Phi) is 4.78. The van der Waals surface area contributed by atoms with Crippen LogP contribution in [-0.4, -0.2) is 29.9 Å². The predicted octanol–water partition coefficient (Wildman–Crippen LogP) is 4.22. The number of nitrogens with zero attached hydrogens (tertiary/aromatic N) is 1. The van der Waals surface area contributed by atoms with E-state index >= 15 is 0 Å². The normalized spacial score (nSPS) is 13.0. The Hall–Kier alpha value is -2.01. The number of nitrogens with one attached hydrogen (secondary N) is 2. The van der Waals surface area contributed by atoms with E-state index < -0.39 is 0 Å². The quantitative estimate of drug-likeness (QED) is 0.719. The Morgan fingerprint density at radius 3 is 2.72 bits per heavy atom. The van der Waals surface area contributed by atoms with Crippen LogP contribution in [0.25, 0.3) is 22.2 Å². The maximum Gasteiger partial charge on any atom is 0.252 e. The molecule has 4 rings (SSSR count). The zero-order valence-electron chi connectivity index (χ0n) is 14.0. The molecule has 0 bridgehead atoms. The maximum atomic E-state index is 12.2. The average molecular weight is 376 g/mol. The van der Waals surface area contributed by atoms with Crippen molar-refractivity contribution in [2.45, 2.75) is 13.1 Å². The van der Waals surface area contributed by atoms with Crippen molar-refractivity contribution >= 4 is 40.8 Å². The van der Waals surface area contributed by atoms with Gasteiger partial charge in [-0.1, -0.05) is 23.7 Å². The van der Waals surface area contributed by atoms with Crippen molar-refractivity contribution in [2.75, 3.05) is 14.1 Å². The number of hydrogen-bond acceptors (Lipinski definition) is 2. The summed E-state index contributed by atoms with van der Waals surface area (Å²) in [6, 6.07) is 12.3. The number of amides is 1. The zero-order chi connectivity index (χ0) is 16.8. The summed E-state index contributed by atoms with van der Waals surface area (Å²) >= 11 is 6.24. The first-order valence-corrected chi connectivity index (χ1v) is 8.27. The highest BCUT2D eigenvalue weighted by Gasteiger charge is 2.26. The molecule has 0 unspecified atom stereocenters. The summed E-state index contributed by atoms with van der Waals surface area (Å²) in [5, 5.41) is 4.64. The molecule has 0 saturated heterocycles. The monoisotopic (exact) mass is 375 g/mol. The molecular weight excluding hydrogens is 357 g/mol. The van der Waals surface area contributed by atoms with Crippen LogP contribution in [-0.2, 0) is 13.1 Å². The van der Waals surface area contributed by atoms with E-state index in [1.165, 1.54) is 5.56 Å². The van der Waals surface area contributed by atoms with E-state index in [0.717, 1.165) is 34.3 Å². The summed E-state index contributed by atoms with van der Waals surface area (Å²) in [4.78, 5) is 17.8. The molecule has 1 aliphatic heterocycles. The van der Waals surface area contributed by atoms with Crippen molar-refractivity contribution in [3.8, 4) is 11.3 Å². The lowest BCUT2D eigenvalue weighted by Crippen LogP contribution is -2.13. The molecule has 6 heteroatoms. The highest BCUT2D eigenvalue weighted by Crippen LogP contribution is 2.34. The zero-order valence-corrected chi connectivity index (χ0v) is 15.6. The summed E-state index contributed by atoms with van der Waals surface area (Å²) in [7, 11) is 4.12. The van der Waals surface area contributed by atoms with Gasteiger partial charge in [0.1, 0.15) is 0 Å². The fourth-order valence-corrected chi connectivity index (χ4v) is 3.55. The van der Waals surface area contributed by atoms with Gasteiger partial charge in [0.15, 0.2) is 0 Å². The Morgan fingerprint density at radius 2 is 1.96 bits per heavy atom. The summed E-state index contributed by atoms with van der Waals surface area (Å²) in [5.74, 6) is -0.0607. The van der Waals surface area contributed by atoms with E-state index in [0.29, 0.717) is 17.1 Å². The molecule has 3 aromatic rings. The molecule has 4 nitrogen and oxygen atoms in total. The predicted molar refractivity (Wildman–Crippen MR) is 105 cm³/mol. The third-order valence-electron chi connectivity index (χ3n) is 4.38. The van der Waals surface area contributed by atoms with Crippen molar-refractivity contribution in [3.05, 3.63) is 58.1 Å². The topological polar surface area (TPSA) is 48.1 Å². The lowest BCUT2D eigenvalue weighted by molar-refractivity contribution is 0.0966. The van der Waals surface area contributed by atoms with E-state index in [9.17, 15) is 4.79 Å².